The Morgan fingerprint density at radius 1 is 1.18 bits per heavy atom. The van der Waals surface area contributed by atoms with Crippen LogP contribution in [0.25, 0.3) is 16.9 Å². The van der Waals surface area contributed by atoms with Crippen molar-refractivity contribution in [3.8, 4) is 11.3 Å². The van der Waals surface area contributed by atoms with Crippen LogP contribution in [0.3, 0.4) is 0 Å². The number of hydrogen-bond donors (Lipinski definition) is 2. The third-order valence-electron chi connectivity index (χ3n) is 6.85. The number of amides is 1. The lowest BCUT2D eigenvalue weighted by Crippen LogP contribution is -2.48. The molecule has 0 unspecified atom stereocenters. The molecule has 0 radical (unpaired) electrons. The number of carbonyl (C=O) groups is 1. The summed E-state index contributed by atoms with van der Waals surface area (Å²) in [6.45, 7) is 6.80. The molecule has 3 N–H and O–H groups in total. The number of nitrogens with zero attached hydrogens (tertiary/aromatic N) is 6. The Labute approximate surface area is 196 Å². The molecule has 10 nitrogen and oxygen atoms in total. The third kappa shape index (κ3) is 3.38. The second kappa shape index (κ2) is 7.84. The first-order valence-corrected chi connectivity index (χ1v) is 11.4. The monoisotopic (exact) mass is 458 g/mol. The summed E-state index contributed by atoms with van der Waals surface area (Å²) in [5, 5.41) is 7.67. The molecular weight excluding hydrogens is 432 g/mol. The van der Waals surface area contributed by atoms with Crippen LogP contribution in [0.4, 0.5) is 17.2 Å². The fourth-order valence-electron chi connectivity index (χ4n) is 5.22. The van der Waals surface area contributed by atoms with Gasteiger partial charge in [0.15, 0.2) is 17.2 Å². The van der Waals surface area contributed by atoms with Crippen molar-refractivity contribution >= 4 is 28.7 Å². The van der Waals surface area contributed by atoms with Gasteiger partial charge in [-0.15, -0.1) is 0 Å². The lowest BCUT2D eigenvalue weighted by atomic mass is 10.2. The average Bonchev–Trinajstić information content (AvgIpc) is 3.63. The Morgan fingerprint density at radius 3 is 2.68 bits per heavy atom. The number of hydrogen-bond acceptors (Lipinski definition) is 8. The second-order valence-electron chi connectivity index (χ2n) is 9.21. The molecule has 6 rings (SSSR count). The summed E-state index contributed by atoms with van der Waals surface area (Å²) in [6, 6.07) is 11.9. The molecular formula is C24H26N8O2. The van der Waals surface area contributed by atoms with E-state index in [-0.39, 0.29) is 5.76 Å². The van der Waals surface area contributed by atoms with Crippen LogP contribution < -0.4 is 16.0 Å². The molecule has 2 fully saturated rings. The van der Waals surface area contributed by atoms with Crippen molar-refractivity contribution in [1.29, 1.82) is 0 Å². The highest BCUT2D eigenvalue weighted by molar-refractivity contribution is 5.91. The molecule has 0 aliphatic carbocycles. The predicted octanol–water partition coefficient (Wildman–Crippen LogP) is 2.90. The first-order chi connectivity index (χ1) is 16.5. The summed E-state index contributed by atoms with van der Waals surface area (Å²) in [5.41, 5.74) is 9.31. The van der Waals surface area contributed by atoms with Crippen LogP contribution >= 0.6 is 0 Å². The molecule has 4 aromatic rings. The maximum atomic E-state index is 11.4. The van der Waals surface area contributed by atoms with Crippen molar-refractivity contribution in [2.45, 2.75) is 38.4 Å². The zero-order valence-electron chi connectivity index (χ0n) is 19.0. The lowest BCUT2D eigenvalue weighted by molar-refractivity contribution is 0.0974. The van der Waals surface area contributed by atoms with Gasteiger partial charge >= 0.3 is 0 Å². The molecule has 34 heavy (non-hydrogen) atoms. The number of furan rings is 1. The highest BCUT2D eigenvalue weighted by Crippen LogP contribution is 2.36. The van der Waals surface area contributed by atoms with Gasteiger partial charge in [-0.25, -0.2) is 14.5 Å². The molecule has 0 saturated carbocycles. The van der Waals surface area contributed by atoms with E-state index in [9.17, 15) is 4.79 Å². The average molecular weight is 459 g/mol. The van der Waals surface area contributed by atoms with Gasteiger partial charge in [-0.1, -0.05) is 0 Å². The van der Waals surface area contributed by atoms with E-state index in [0.29, 0.717) is 40.8 Å². The van der Waals surface area contributed by atoms with Gasteiger partial charge in [-0.3, -0.25) is 9.69 Å². The zero-order valence-corrected chi connectivity index (χ0v) is 19.0. The number of carbonyl (C=O) groups excluding carboxylic acids is 1. The van der Waals surface area contributed by atoms with Gasteiger partial charge in [0.25, 0.3) is 5.91 Å². The van der Waals surface area contributed by atoms with Gasteiger partial charge in [0, 0.05) is 48.2 Å². The predicted molar refractivity (Wildman–Crippen MR) is 128 cm³/mol. The van der Waals surface area contributed by atoms with Crippen molar-refractivity contribution in [3.63, 3.8) is 0 Å². The summed E-state index contributed by atoms with van der Waals surface area (Å²) in [5.74, 6) is 0.0314. The molecule has 5 heterocycles. The van der Waals surface area contributed by atoms with Crippen LogP contribution in [0.15, 0.2) is 53.5 Å². The summed E-state index contributed by atoms with van der Waals surface area (Å²) >= 11 is 0. The topological polar surface area (TPSA) is 118 Å². The molecule has 2 bridgehead atoms. The van der Waals surface area contributed by atoms with E-state index in [2.05, 4.69) is 68.3 Å². The highest BCUT2D eigenvalue weighted by Gasteiger charge is 2.43. The van der Waals surface area contributed by atoms with E-state index >= 15 is 0 Å². The number of piperazine rings is 1. The Bertz CT molecular complexity index is 1360. The van der Waals surface area contributed by atoms with Crippen molar-refractivity contribution in [2.24, 2.45) is 5.73 Å². The van der Waals surface area contributed by atoms with E-state index in [0.717, 1.165) is 18.8 Å². The molecule has 3 aromatic heterocycles. The quantitative estimate of drug-likeness (QED) is 0.453. The Hall–Kier alpha value is -3.92. The molecule has 2 atom stereocenters. The van der Waals surface area contributed by atoms with Crippen LogP contribution in [0.1, 0.15) is 30.8 Å². The van der Waals surface area contributed by atoms with E-state index in [1.807, 2.05) is 0 Å². The zero-order chi connectivity index (χ0) is 23.4. The molecule has 1 aromatic carbocycles. The Morgan fingerprint density at radius 2 is 2.00 bits per heavy atom. The molecule has 2 aliphatic rings. The number of nitrogens with one attached hydrogen (secondary N) is 1. The van der Waals surface area contributed by atoms with E-state index in [4.69, 9.17) is 10.2 Å². The smallest absolute Gasteiger partial charge is 0.284 e. The molecule has 2 saturated heterocycles. The molecule has 0 spiro atoms. The first kappa shape index (κ1) is 20.7. The normalized spacial score (nSPS) is 20.0. The van der Waals surface area contributed by atoms with Crippen LogP contribution in [-0.2, 0) is 0 Å². The van der Waals surface area contributed by atoms with Gasteiger partial charge in [0.1, 0.15) is 12.6 Å². The molecule has 1 amide bonds. The Balaban J connectivity index is 1.21. The van der Waals surface area contributed by atoms with Crippen molar-refractivity contribution in [1.82, 2.24) is 24.5 Å². The van der Waals surface area contributed by atoms with Gasteiger partial charge < -0.3 is 20.4 Å². The van der Waals surface area contributed by atoms with E-state index in [1.54, 1.807) is 16.8 Å². The largest absolute Gasteiger partial charge is 0.458 e. The second-order valence-corrected chi connectivity index (χ2v) is 9.21. The minimum Gasteiger partial charge on any atom is -0.458 e. The number of nitrogens with two attached hydrogens (primary N) is 1. The number of aromatic nitrogens is 4. The van der Waals surface area contributed by atoms with Crippen LogP contribution in [-0.4, -0.2) is 61.6 Å². The molecule has 2 aliphatic heterocycles. The number of rotatable bonds is 6. The van der Waals surface area contributed by atoms with Crippen molar-refractivity contribution < 1.29 is 9.21 Å². The van der Waals surface area contributed by atoms with Crippen LogP contribution in [0, 0.1) is 0 Å². The van der Waals surface area contributed by atoms with Crippen LogP contribution in [0.5, 0.6) is 0 Å². The highest BCUT2D eigenvalue weighted by atomic mass is 16.3. The number of anilines is 3. The summed E-state index contributed by atoms with van der Waals surface area (Å²) in [7, 11) is 0. The summed E-state index contributed by atoms with van der Waals surface area (Å²) < 4.78 is 6.89. The van der Waals surface area contributed by atoms with E-state index < -0.39 is 5.91 Å². The van der Waals surface area contributed by atoms with Gasteiger partial charge in [-0.05, 0) is 50.6 Å². The minimum absolute atomic E-state index is 0.0775. The van der Waals surface area contributed by atoms with Crippen molar-refractivity contribution in [3.05, 3.63) is 54.9 Å². The van der Waals surface area contributed by atoms with Gasteiger partial charge in [0.05, 0.1) is 11.9 Å². The first-order valence-electron chi connectivity index (χ1n) is 11.4. The standard InChI is InChI=1S/C24H26N8O2/c1-14(2)30-10-19-8-18(30)11-31(19)17-5-3-16(4-6-17)29-23-24-27-13-28-32(24)20(9-26-23)15-7-21(22(25)33)34-12-15/h3-7,9,12-14,18-19H,8,10-11H2,1-2H3,(H2,25,33)(H,26,29)/t18-,19-/m1/s1. The number of fused-ring (bicyclic) bond motifs is 3. The molecule has 174 valence electrons. The number of benzene rings is 1. The van der Waals surface area contributed by atoms with Gasteiger partial charge in [-0.2, -0.15) is 5.10 Å². The molecule has 10 heteroatoms. The lowest BCUT2D eigenvalue weighted by Gasteiger charge is -2.37. The number of primary amides is 1. The minimum atomic E-state index is -0.630. The fourth-order valence-corrected chi connectivity index (χ4v) is 5.22. The Kier molecular flexibility index (Phi) is 4.77. The van der Waals surface area contributed by atoms with Crippen molar-refractivity contribution in [2.75, 3.05) is 23.3 Å². The maximum absolute atomic E-state index is 11.4. The summed E-state index contributed by atoms with van der Waals surface area (Å²) in [4.78, 5) is 25.4. The number of likely N-dealkylation sites (tertiary alicyclic amines) is 1. The SMILES string of the molecule is CC(C)N1C[C@H]2C[C@@H]1CN2c1ccc(Nc2ncc(-c3coc(C(N)=O)c3)n3ncnc23)cc1. The van der Waals surface area contributed by atoms with Crippen LogP contribution in [0.2, 0.25) is 0 Å². The van der Waals surface area contributed by atoms with E-state index in [1.165, 1.54) is 24.7 Å². The summed E-state index contributed by atoms with van der Waals surface area (Å²) in [6.07, 6.45) is 5.83. The fraction of sp³-hybridized carbons (Fsp3) is 0.333. The third-order valence-corrected chi connectivity index (χ3v) is 6.85. The maximum Gasteiger partial charge on any atom is 0.284 e. The van der Waals surface area contributed by atoms with Gasteiger partial charge in [0.2, 0.25) is 0 Å².